The monoisotopic (exact) mass is 191 g/mol. The van der Waals surface area contributed by atoms with E-state index in [9.17, 15) is 4.79 Å². The van der Waals surface area contributed by atoms with Gasteiger partial charge in [-0.1, -0.05) is 17.9 Å². The largest absolute Gasteiger partial charge is 0.478 e. The van der Waals surface area contributed by atoms with Gasteiger partial charge in [0.15, 0.2) is 0 Å². The minimum Gasteiger partial charge on any atom is -0.478 e. The number of hydrogen-bond acceptors (Lipinski definition) is 3. The van der Waals surface area contributed by atoms with Crippen LogP contribution in [-0.4, -0.2) is 22.8 Å². The van der Waals surface area contributed by atoms with E-state index in [0.717, 1.165) is 0 Å². The molecule has 0 bridgehead atoms. The fourth-order valence-corrected chi connectivity index (χ4v) is 0.995. The molecule has 4 N–H and O–H groups in total. The van der Waals surface area contributed by atoms with Crippen LogP contribution in [-0.2, 0) is 0 Å². The maximum atomic E-state index is 10.7. The lowest BCUT2D eigenvalue weighted by Crippen LogP contribution is -2.03. The number of benzene rings is 1. The van der Waals surface area contributed by atoms with E-state index in [1.165, 1.54) is 6.07 Å². The van der Waals surface area contributed by atoms with Crippen LogP contribution < -0.4 is 5.73 Å². The topological polar surface area (TPSA) is 83.5 Å². The molecule has 0 aliphatic heterocycles. The number of carbonyl (C=O) groups is 1. The van der Waals surface area contributed by atoms with Crippen LogP contribution in [0.4, 0.5) is 5.69 Å². The fraction of sp³-hybridized carbons (Fsp3) is 0.100. The fourth-order valence-electron chi connectivity index (χ4n) is 0.995. The molecule has 0 spiro atoms. The highest BCUT2D eigenvalue weighted by atomic mass is 16.4. The van der Waals surface area contributed by atoms with Crippen LogP contribution in [0.15, 0.2) is 18.2 Å². The van der Waals surface area contributed by atoms with E-state index in [1.807, 2.05) is 0 Å². The number of nitrogens with two attached hydrogens (primary N) is 1. The van der Waals surface area contributed by atoms with E-state index < -0.39 is 5.97 Å². The second kappa shape index (κ2) is 4.30. The number of para-hydroxylation sites is 1. The van der Waals surface area contributed by atoms with Crippen LogP contribution in [0.2, 0.25) is 0 Å². The van der Waals surface area contributed by atoms with Gasteiger partial charge in [0.2, 0.25) is 0 Å². The van der Waals surface area contributed by atoms with Crippen molar-refractivity contribution in [2.45, 2.75) is 0 Å². The summed E-state index contributed by atoms with van der Waals surface area (Å²) in [4.78, 5) is 10.7. The van der Waals surface area contributed by atoms with E-state index in [2.05, 4.69) is 11.8 Å². The number of hydrogen-bond donors (Lipinski definition) is 3. The van der Waals surface area contributed by atoms with Crippen molar-refractivity contribution in [2.24, 2.45) is 0 Å². The number of rotatable bonds is 1. The second-order valence-corrected chi connectivity index (χ2v) is 2.53. The maximum absolute atomic E-state index is 10.7. The van der Waals surface area contributed by atoms with Gasteiger partial charge in [-0.25, -0.2) is 4.79 Å². The molecule has 0 saturated heterocycles. The number of anilines is 1. The van der Waals surface area contributed by atoms with Crippen molar-refractivity contribution >= 4 is 11.7 Å². The van der Waals surface area contributed by atoms with Crippen LogP contribution >= 0.6 is 0 Å². The molecule has 0 amide bonds. The summed E-state index contributed by atoms with van der Waals surface area (Å²) in [5.41, 5.74) is 6.12. The molecule has 72 valence electrons. The normalized spacial score (nSPS) is 8.93. The third-order valence-corrected chi connectivity index (χ3v) is 1.64. The molecule has 0 saturated carbocycles. The summed E-state index contributed by atoms with van der Waals surface area (Å²) in [6, 6.07) is 4.56. The third-order valence-electron chi connectivity index (χ3n) is 1.64. The molecule has 0 atom stereocenters. The lowest BCUT2D eigenvalue weighted by atomic mass is 10.1. The van der Waals surface area contributed by atoms with Crippen LogP contribution in [0.3, 0.4) is 0 Å². The Morgan fingerprint density at radius 3 is 2.79 bits per heavy atom. The van der Waals surface area contributed by atoms with Gasteiger partial charge in [0.1, 0.15) is 6.61 Å². The highest BCUT2D eigenvalue weighted by Gasteiger charge is 2.08. The van der Waals surface area contributed by atoms with Crippen molar-refractivity contribution < 1.29 is 15.0 Å². The third kappa shape index (κ3) is 2.03. The van der Waals surface area contributed by atoms with Crippen molar-refractivity contribution in [1.82, 2.24) is 0 Å². The predicted octanol–water partition coefficient (Wildman–Crippen LogP) is 0.311. The Hall–Kier alpha value is -1.99. The quantitative estimate of drug-likeness (QED) is 0.440. The highest BCUT2D eigenvalue weighted by molar-refractivity contribution is 5.95. The summed E-state index contributed by atoms with van der Waals surface area (Å²) < 4.78 is 0. The molecular weight excluding hydrogens is 182 g/mol. The minimum atomic E-state index is -1.09. The zero-order valence-corrected chi connectivity index (χ0v) is 7.32. The van der Waals surface area contributed by atoms with E-state index in [4.69, 9.17) is 15.9 Å². The standard InChI is InChI=1S/C10H9NO3/c11-9-7(4-2-6-12)3-1-5-8(9)10(13)14/h1,3,5,12H,6,11H2,(H,13,14). The number of carboxylic acids is 1. The molecule has 0 heterocycles. The number of carboxylic acid groups (broad SMARTS) is 1. The predicted molar refractivity (Wildman–Crippen MR) is 51.8 cm³/mol. The van der Waals surface area contributed by atoms with Gasteiger partial charge in [0.25, 0.3) is 0 Å². The molecule has 1 aromatic carbocycles. The molecule has 0 aliphatic rings. The number of aliphatic hydroxyl groups excluding tert-OH is 1. The van der Waals surface area contributed by atoms with Gasteiger partial charge < -0.3 is 15.9 Å². The van der Waals surface area contributed by atoms with Crippen molar-refractivity contribution in [3.63, 3.8) is 0 Å². The van der Waals surface area contributed by atoms with Crippen LogP contribution in [0, 0.1) is 11.8 Å². The van der Waals surface area contributed by atoms with Gasteiger partial charge in [-0.05, 0) is 12.1 Å². The molecule has 0 aliphatic carbocycles. The minimum absolute atomic E-state index is 0.0229. The Kier molecular flexibility index (Phi) is 3.10. The molecule has 0 aromatic heterocycles. The van der Waals surface area contributed by atoms with Gasteiger partial charge >= 0.3 is 5.97 Å². The zero-order valence-electron chi connectivity index (χ0n) is 7.32. The maximum Gasteiger partial charge on any atom is 0.337 e. The van der Waals surface area contributed by atoms with E-state index >= 15 is 0 Å². The summed E-state index contributed by atoms with van der Waals surface area (Å²) in [6.07, 6.45) is 0. The molecular formula is C10H9NO3. The Labute approximate surface area is 81.0 Å². The Morgan fingerprint density at radius 2 is 2.21 bits per heavy atom. The summed E-state index contributed by atoms with van der Waals surface area (Å²) in [5.74, 6) is 3.89. The van der Waals surface area contributed by atoms with Gasteiger partial charge in [-0.15, -0.1) is 0 Å². The molecule has 4 heteroatoms. The number of aliphatic hydroxyl groups is 1. The van der Waals surface area contributed by atoms with Gasteiger partial charge in [-0.2, -0.15) is 0 Å². The molecule has 0 unspecified atom stereocenters. The molecule has 14 heavy (non-hydrogen) atoms. The Bertz CT molecular complexity index is 415. The van der Waals surface area contributed by atoms with E-state index in [0.29, 0.717) is 5.56 Å². The SMILES string of the molecule is Nc1c(C#CCO)cccc1C(=O)O. The summed E-state index contributed by atoms with van der Waals surface area (Å²) in [6.45, 7) is -0.281. The first-order valence-electron chi connectivity index (χ1n) is 3.88. The zero-order chi connectivity index (χ0) is 10.6. The van der Waals surface area contributed by atoms with E-state index in [-0.39, 0.29) is 17.9 Å². The first kappa shape index (κ1) is 10.1. The van der Waals surface area contributed by atoms with Gasteiger partial charge in [-0.3, -0.25) is 0 Å². The Morgan fingerprint density at radius 1 is 1.50 bits per heavy atom. The van der Waals surface area contributed by atoms with Gasteiger partial charge in [0, 0.05) is 5.56 Å². The summed E-state index contributed by atoms with van der Waals surface area (Å²) >= 11 is 0. The van der Waals surface area contributed by atoms with Crippen LogP contribution in [0.1, 0.15) is 15.9 Å². The first-order chi connectivity index (χ1) is 6.66. The molecule has 1 aromatic rings. The Balaban J connectivity index is 3.20. The van der Waals surface area contributed by atoms with Crippen molar-refractivity contribution in [2.75, 3.05) is 12.3 Å². The summed E-state index contributed by atoms with van der Waals surface area (Å²) in [7, 11) is 0. The van der Waals surface area contributed by atoms with Gasteiger partial charge in [0.05, 0.1) is 11.3 Å². The highest BCUT2D eigenvalue weighted by Crippen LogP contribution is 2.16. The second-order valence-electron chi connectivity index (χ2n) is 2.53. The van der Waals surface area contributed by atoms with Crippen LogP contribution in [0.25, 0.3) is 0 Å². The average molecular weight is 191 g/mol. The number of nitrogen functional groups attached to an aromatic ring is 1. The van der Waals surface area contributed by atoms with Crippen LogP contribution in [0.5, 0.6) is 0 Å². The first-order valence-corrected chi connectivity index (χ1v) is 3.88. The smallest absolute Gasteiger partial charge is 0.337 e. The molecule has 0 radical (unpaired) electrons. The van der Waals surface area contributed by atoms with E-state index in [1.54, 1.807) is 12.1 Å². The molecule has 0 fully saturated rings. The number of aromatic carboxylic acids is 1. The summed E-state index contributed by atoms with van der Waals surface area (Å²) in [5, 5.41) is 17.2. The van der Waals surface area contributed by atoms with Crippen molar-refractivity contribution in [3.05, 3.63) is 29.3 Å². The molecule has 1 rings (SSSR count). The lowest BCUT2D eigenvalue weighted by molar-refractivity contribution is 0.0698. The molecule has 4 nitrogen and oxygen atoms in total. The lowest BCUT2D eigenvalue weighted by Gasteiger charge is -2.01. The van der Waals surface area contributed by atoms with Crippen molar-refractivity contribution in [3.8, 4) is 11.8 Å². The van der Waals surface area contributed by atoms with Crippen molar-refractivity contribution in [1.29, 1.82) is 0 Å². The average Bonchev–Trinajstić information content (AvgIpc) is 2.16.